The van der Waals surface area contributed by atoms with E-state index in [-0.39, 0.29) is 10.8 Å². The number of aryl methyl sites for hydroxylation is 1. The summed E-state index contributed by atoms with van der Waals surface area (Å²) in [6, 6.07) is 5.20. The highest BCUT2D eigenvalue weighted by molar-refractivity contribution is 7.89. The van der Waals surface area contributed by atoms with Crippen LogP contribution in [0.15, 0.2) is 29.3 Å². The highest BCUT2D eigenvalue weighted by atomic mass is 32.2. The summed E-state index contributed by atoms with van der Waals surface area (Å²) in [5.74, 6) is 2.08. The van der Waals surface area contributed by atoms with E-state index in [1.165, 1.54) is 20.3 Å². The van der Waals surface area contributed by atoms with Crippen LogP contribution < -0.4 is 9.47 Å². The van der Waals surface area contributed by atoms with Crippen LogP contribution in [0.25, 0.3) is 0 Å². The minimum atomic E-state index is -3.68. The lowest BCUT2D eigenvalue weighted by Gasteiger charge is -2.32. The normalized spacial score (nSPS) is 18.2. The van der Waals surface area contributed by atoms with Gasteiger partial charge in [0.25, 0.3) is 0 Å². The summed E-state index contributed by atoms with van der Waals surface area (Å²) in [6.07, 6.45) is 4.49. The van der Waals surface area contributed by atoms with Gasteiger partial charge in [0, 0.05) is 43.5 Å². The van der Waals surface area contributed by atoms with Crippen molar-refractivity contribution in [3.8, 4) is 11.5 Å². The second-order valence-corrected chi connectivity index (χ2v) is 9.78. The van der Waals surface area contributed by atoms with Gasteiger partial charge in [-0.15, -0.1) is 0 Å². The molecule has 1 aliphatic heterocycles. The Morgan fingerprint density at radius 3 is 2.66 bits per heavy atom. The molecule has 0 spiro atoms. The lowest BCUT2D eigenvalue weighted by molar-refractivity contribution is 0.259. The number of hydrogen-bond acceptors (Lipinski definition) is 5. The Hall–Kier alpha value is -2.06. The third-order valence-electron chi connectivity index (χ3n) is 5.52. The molecule has 0 aliphatic carbocycles. The summed E-state index contributed by atoms with van der Waals surface area (Å²) in [4.78, 5) is 4.74. The van der Waals surface area contributed by atoms with Crippen molar-refractivity contribution in [2.45, 2.75) is 51.0 Å². The molecule has 0 bridgehead atoms. The average Bonchev–Trinajstić information content (AvgIpc) is 3.07. The number of benzene rings is 1. The van der Waals surface area contributed by atoms with Gasteiger partial charge in [-0.2, -0.15) is 4.31 Å². The van der Waals surface area contributed by atoms with Gasteiger partial charge in [-0.1, -0.05) is 0 Å². The van der Waals surface area contributed by atoms with Crippen molar-refractivity contribution in [3.05, 3.63) is 35.9 Å². The quantitative estimate of drug-likeness (QED) is 0.685. The largest absolute Gasteiger partial charge is 0.497 e. The molecule has 1 atom stereocenters. The molecule has 1 aromatic carbocycles. The summed E-state index contributed by atoms with van der Waals surface area (Å²) in [6.45, 7) is 7.34. The Kier molecular flexibility index (Phi) is 6.53. The van der Waals surface area contributed by atoms with Crippen molar-refractivity contribution in [2.24, 2.45) is 5.92 Å². The molecule has 0 radical (unpaired) electrons. The number of rotatable bonds is 7. The molecule has 8 heteroatoms. The molecule has 7 nitrogen and oxygen atoms in total. The third kappa shape index (κ3) is 4.43. The Bertz CT molecular complexity index is 953. The van der Waals surface area contributed by atoms with Crippen molar-refractivity contribution >= 4 is 10.0 Å². The SMILES string of the molecule is COc1ccc(OC)c(S(=O)(=O)N2CCCC(Cc3ncc(C)n3C(C)C)C2)c1. The monoisotopic (exact) mass is 421 g/mol. The van der Waals surface area contributed by atoms with Gasteiger partial charge >= 0.3 is 0 Å². The first-order valence-electron chi connectivity index (χ1n) is 10.0. The maximum Gasteiger partial charge on any atom is 0.246 e. The van der Waals surface area contributed by atoms with Crippen LogP contribution >= 0.6 is 0 Å². The zero-order valence-electron chi connectivity index (χ0n) is 17.9. The number of sulfonamides is 1. The maximum atomic E-state index is 13.4. The van der Waals surface area contributed by atoms with Crippen LogP contribution in [0, 0.1) is 12.8 Å². The zero-order chi connectivity index (χ0) is 21.2. The zero-order valence-corrected chi connectivity index (χ0v) is 18.7. The number of hydrogen-bond donors (Lipinski definition) is 0. The highest BCUT2D eigenvalue weighted by Gasteiger charge is 2.33. The molecular formula is C21H31N3O4S. The van der Waals surface area contributed by atoms with Crippen LogP contribution in [0.1, 0.15) is 44.2 Å². The van der Waals surface area contributed by atoms with E-state index in [0.29, 0.717) is 30.6 Å². The number of imidazole rings is 1. The van der Waals surface area contributed by atoms with Gasteiger partial charge in [0.2, 0.25) is 10.0 Å². The lowest BCUT2D eigenvalue weighted by Crippen LogP contribution is -2.40. The average molecular weight is 422 g/mol. The summed E-state index contributed by atoms with van der Waals surface area (Å²) in [5, 5.41) is 0. The topological polar surface area (TPSA) is 73.7 Å². The van der Waals surface area contributed by atoms with Crippen molar-refractivity contribution in [2.75, 3.05) is 27.3 Å². The van der Waals surface area contributed by atoms with Gasteiger partial charge in [0.05, 0.1) is 14.2 Å². The van der Waals surface area contributed by atoms with Crippen LogP contribution in [0.3, 0.4) is 0 Å². The Balaban J connectivity index is 1.84. The lowest BCUT2D eigenvalue weighted by atomic mass is 9.96. The second-order valence-electron chi connectivity index (χ2n) is 7.87. The number of nitrogens with zero attached hydrogens (tertiary/aromatic N) is 3. The summed E-state index contributed by atoms with van der Waals surface area (Å²) < 4.78 is 41.1. The first-order valence-corrected chi connectivity index (χ1v) is 11.5. The minimum absolute atomic E-state index is 0.152. The van der Waals surface area contributed by atoms with Crippen molar-refractivity contribution in [1.29, 1.82) is 0 Å². The molecule has 1 fully saturated rings. The van der Waals surface area contributed by atoms with Crippen LogP contribution in [-0.2, 0) is 16.4 Å². The first kappa shape index (κ1) is 21.6. The van der Waals surface area contributed by atoms with Crippen LogP contribution in [-0.4, -0.2) is 49.6 Å². The molecule has 1 aromatic heterocycles. The van der Waals surface area contributed by atoms with E-state index in [1.54, 1.807) is 16.4 Å². The first-order chi connectivity index (χ1) is 13.8. The molecule has 1 unspecified atom stereocenters. The number of ether oxygens (including phenoxy) is 2. The molecule has 29 heavy (non-hydrogen) atoms. The van der Waals surface area contributed by atoms with E-state index >= 15 is 0 Å². The molecule has 2 heterocycles. The Morgan fingerprint density at radius 1 is 1.24 bits per heavy atom. The molecule has 0 N–H and O–H groups in total. The van der Waals surface area contributed by atoms with Crippen molar-refractivity contribution in [3.63, 3.8) is 0 Å². The van der Waals surface area contributed by atoms with Gasteiger partial charge in [-0.05, 0) is 51.7 Å². The summed E-state index contributed by atoms with van der Waals surface area (Å²) in [7, 11) is -0.681. The molecule has 2 aromatic rings. The second kappa shape index (κ2) is 8.75. The van der Waals surface area contributed by atoms with Crippen molar-refractivity contribution in [1.82, 2.24) is 13.9 Å². The van der Waals surface area contributed by atoms with Crippen LogP contribution in [0.2, 0.25) is 0 Å². The summed E-state index contributed by atoms with van der Waals surface area (Å²) >= 11 is 0. The van der Waals surface area contributed by atoms with Gasteiger partial charge < -0.3 is 14.0 Å². The van der Waals surface area contributed by atoms with Crippen LogP contribution in [0.5, 0.6) is 11.5 Å². The van der Waals surface area contributed by atoms with Gasteiger partial charge in [0.15, 0.2) is 0 Å². The Morgan fingerprint density at radius 2 is 2.00 bits per heavy atom. The van der Waals surface area contributed by atoms with Gasteiger partial charge in [-0.3, -0.25) is 0 Å². The molecule has 160 valence electrons. The number of methoxy groups -OCH3 is 2. The van der Waals surface area contributed by atoms with Crippen molar-refractivity contribution < 1.29 is 17.9 Å². The third-order valence-corrected chi connectivity index (χ3v) is 7.40. The van der Waals surface area contributed by atoms with Gasteiger partial charge in [0.1, 0.15) is 22.2 Å². The standard InChI is InChI=1S/C21H31N3O4S/c1-15(2)24-16(3)13-22-21(24)11-17-7-6-10-23(14-17)29(25,26)20-12-18(27-4)8-9-19(20)28-5/h8-9,12-13,15,17H,6-7,10-11,14H2,1-5H3. The van der Waals surface area contributed by atoms with Crippen LogP contribution in [0.4, 0.5) is 0 Å². The van der Waals surface area contributed by atoms with E-state index < -0.39 is 10.0 Å². The maximum absolute atomic E-state index is 13.4. The fourth-order valence-electron chi connectivity index (χ4n) is 4.15. The van der Waals surface area contributed by atoms with E-state index in [9.17, 15) is 8.42 Å². The summed E-state index contributed by atoms with van der Waals surface area (Å²) in [5.41, 5.74) is 1.14. The minimum Gasteiger partial charge on any atom is -0.497 e. The van der Waals surface area contributed by atoms with Gasteiger partial charge in [-0.25, -0.2) is 13.4 Å². The van der Waals surface area contributed by atoms with E-state index in [2.05, 4.69) is 30.3 Å². The predicted molar refractivity (Wildman–Crippen MR) is 112 cm³/mol. The molecule has 1 saturated heterocycles. The molecular weight excluding hydrogens is 390 g/mol. The molecule has 0 saturated carbocycles. The number of aromatic nitrogens is 2. The number of piperidine rings is 1. The molecule has 1 aliphatic rings. The molecule has 3 rings (SSSR count). The molecule has 0 amide bonds. The van der Waals surface area contributed by atoms with E-state index in [1.807, 2.05) is 6.20 Å². The Labute approximate surface area is 173 Å². The highest BCUT2D eigenvalue weighted by Crippen LogP contribution is 2.33. The smallest absolute Gasteiger partial charge is 0.246 e. The fraction of sp³-hybridized carbons (Fsp3) is 0.571. The van der Waals surface area contributed by atoms with E-state index in [4.69, 9.17) is 9.47 Å². The fourth-order valence-corrected chi connectivity index (χ4v) is 5.87. The predicted octanol–water partition coefficient (Wildman–Crippen LogP) is 3.43. The van der Waals surface area contributed by atoms with E-state index in [0.717, 1.165) is 30.8 Å².